The number of hydrogen-bond acceptors (Lipinski definition) is 7. The monoisotopic (exact) mass is 578 g/mol. The number of rotatable bonds is 7. The highest BCUT2D eigenvalue weighted by Gasteiger charge is 2.48. The molecule has 1 amide bonds. The van der Waals surface area contributed by atoms with Gasteiger partial charge in [-0.05, 0) is 54.4 Å². The molecular formula is C28H23BrN2O5S. The molecule has 1 aliphatic heterocycles. The summed E-state index contributed by atoms with van der Waals surface area (Å²) in [6, 6.07) is 18.8. The Hall–Kier alpha value is -3.69. The molecule has 4 aromatic rings. The molecule has 1 saturated heterocycles. The number of fused-ring (bicyclic) bond motifs is 1. The van der Waals surface area contributed by atoms with Gasteiger partial charge in [-0.3, -0.25) is 14.5 Å². The van der Waals surface area contributed by atoms with E-state index in [0.717, 1.165) is 15.6 Å². The highest BCUT2D eigenvalue weighted by Crippen LogP contribution is 2.45. The quantitative estimate of drug-likeness (QED) is 0.153. The highest BCUT2D eigenvalue weighted by atomic mass is 79.9. The second kappa shape index (κ2) is 10.4. The molecule has 9 heteroatoms. The van der Waals surface area contributed by atoms with Gasteiger partial charge in [-0.1, -0.05) is 58.5 Å². The first-order chi connectivity index (χ1) is 17.9. The van der Waals surface area contributed by atoms with Crippen molar-refractivity contribution in [1.82, 2.24) is 4.98 Å². The van der Waals surface area contributed by atoms with Gasteiger partial charge in [-0.2, -0.15) is 0 Å². The zero-order chi connectivity index (χ0) is 26.1. The Morgan fingerprint density at radius 3 is 2.65 bits per heavy atom. The van der Waals surface area contributed by atoms with E-state index in [1.807, 2.05) is 37.3 Å². The third-order valence-electron chi connectivity index (χ3n) is 5.98. The number of aromatic nitrogens is 1. The lowest BCUT2D eigenvalue weighted by molar-refractivity contribution is -0.132. The smallest absolute Gasteiger partial charge is 0.301 e. The number of methoxy groups -OCH3 is 1. The number of benzene rings is 3. The molecule has 1 atom stereocenters. The van der Waals surface area contributed by atoms with Gasteiger partial charge in [-0.15, -0.1) is 0 Å². The number of carbonyl (C=O) groups excluding carboxylic acids is 2. The van der Waals surface area contributed by atoms with E-state index in [-0.39, 0.29) is 11.3 Å². The van der Waals surface area contributed by atoms with Crippen LogP contribution in [0.5, 0.6) is 11.5 Å². The molecule has 1 aliphatic rings. The molecule has 0 radical (unpaired) electrons. The fraction of sp³-hybridized carbons (Fsp3) is 0.179. The zero-order valence-electron chi connectivity index (χ0n) is 20.1. The van der Waals surface area contributed by atoms with Crippen LogP contribution in [0.15, 0.2) is 76.8 Å². The molecule has 5 rings (SSSR count). The first-order valence-electron chi connectivity index (χ1n) is 11.7. The van der Waals surface area contributed by atoms with Crippen molar-refractivity contribution in [1.29, 1.82) is 0 Å². The van der Waals surface area contributed by atoms with E-state index in [9.17, 15) is 14.7 Å². The van der Waals surface area contributed by atoms with Crippen molar-refractivity contribution in [2.24, 2.45) is 0 Å². The van der Waals surface area contributed by atoms with E-state index in [0.29, 0.717) is 39.9 Å². The van der Waals surface area contributed by atoms with Crippen LogP contribution in [0.1, 0.15) is 30.5 Å². The van der Waals surface area contributed by atoms with Gasteiger partial charge in [0.25, 0.3) is 5.78 Å². The summed E-state index contributed by atoms with van der Waals surface area (Å²) in [5.41, 5.74) is 1.72. The number of aliphatic hydroxyl groups excluding tert-OH is 1. The van der Waals surface area contributed by atoms with Crippen LogP contribution in [-0.2, 0) is 9.59 Å². The summed E-state index contributed by atoms with van der Waals surface area (Å²) in [6.07, 6.45) is 0.832. The summed E-state index contributed by atoms with van der Waals surface area (Å²) in [6.45, 7) is 2.52. The molecular weight excluding hydrogens is 556 g/mol. The van der Waals surface area contributed by atoms with Crippen LogP contribution in [0.25, 0.3) is 16.0 Å². The standard InChI is InChI=1S/C28H23BrN2O5S/c1-3-12-36-20-9-5-7-17(14-20)25(32)23-24(16-6-4-8-18(29)13-16)31(27(34)26(23)33)28-30-21-11-10-19(35-2)15-22(21)37-28/h4-11,13-15,24,32H,3,12H2,1-2H3/b25-23+. The predicted octanol–water partition coefficient (Wildman–Crippen LogP) is 6.48. The van der Waals surface area contributed by atoms with E-state index in [1.54, 1.807) is 43.5 Å². The van der Waals surface area contributed by atoms with Gasteiger partial charge in [0.15, 0.2) is 5.13 Å². The van der Waals surface area contributed by atoms with Crippen LogP contribution in [0.3, 0.4) is 0 Å². The molecule has 0 saturated carbocycles. The Bertz CT molecular complexity index is 1550. The van der Waals surface area contributed by atoms with E-state index in [2.05, 4.69) is 20.9 Å². The molecule has 37 heavy (non-hydrogen) atoms. The molecule has 0 aliphatic carbocycles. The molecule has 188 valence electrons. The van der Waals surface area contributed by atoms with E-state index in [4.69, 9.17) is 9.47 Å². The molecule has 7 nitrogen and oxygen atoms in total. The largest absolute Gasteiger partial charge is 0.507 e. The Kier molecular flexibility index (Phi) is 6.99. The first kappa shape index (κ1) is 25.0. The normalized spacial score (nSPS) is 16.9. The fourth-order valence-corrected chi connectivity index (χ4v) is 5.69. The third-order valence-corrected chi connectivity index (χ3v) is 7.49. The average molecular weight is 579 g/mol. The van der Waals surface area contributed by atoms with Gasteiger partial charge in [0.2, 0.25) is 0 Å². The van der Waals surface area contributed by atoms with Gasteiger partial charge in [0, 0.05) is 10.0 Å². The minimum absolute atomic E-state index is 0.00687. The minimum Gasteiger partial charge on any atom is -0.507 e. The van der Waals surface area contributed by atoms with Crippen molar-refractivity contribution in [3.8, 4) is 11.5 Å². The number of anilines is 1. The van der Waals surface area contributed by atoms with Crippen molar-refractivity contribution in [2.45, 2.75) is 19.4 Å². The van der Waals surface area contributed by atoms with Crippen LogP contribution in [0.4, 0.5) is 5.13 Å². The molecule has 2 heterocycles. The Balaban J connectivity index is 1.68. The van der Waals surface area contributed by atoms with Gasteiger partial charge in [0.05, 0.1) is 35.5 Å². The first-order valence-corrected chi connectivity index (χ1v) is 13.3. The van der Waals surface area contributed by atoms with Gasteiger partial charge in [-0.25, -0.2) is 4.98 Å². The maximum absolute atomic E-state index is 13.5. The average Bonchev–Trinajstić information content (AvgIpc) is 3.44. The molecule has 0 bridgehead atoms. The number of ether oxygens (including phenoxy) is 2. The molecule has 3 aromatic carbocycles. The summed E-state index contributed by atoms with van der Waals surface area (Å²) < 4.78 is 12.6. The number of Topliss-reactive ketones (excluding diaryl/α,β-unsaturated/α-hetero) is 1. The molecule has 1 aromatic heterocycles. The van der Waals surface area contributed by atoms with Crippen molar-refractivity contribution < 1.29 is 24.2 Å². The van der Waals surface area contributed by atoms with Gasteiger partial charge < -0.3 is 14.6 Å². The number of thiazole rings is 1. The van der Waals surface area contributed by atoms with Crippen molar-refractivity contribution in [3.63, 3.8) is 0 Å². The zero-order valence-corrected chi connectivity index (χ0v) is 22.5. The number of hydrogen-bond donors (Lipinski definition) is 1. The lowest BCUT2D eigenvalue weighted by Crippen LogP contribution is -2.29. The maximum Gasteiger partial charge on any atom is 0.301 e. The van der Waals surface area contributed by atoms with Crippen LogP contribution in [0.2, 0.25) is 0 Å². The topological polar surface area (TPSA) is 89.0 Å². The number of nitrogens with zero attached hydrogens (tertiary/aromatic N) is 2. The van der Waals surface area contributed by atoms with E-state index in [1.165, 1.54) is 16.2 Å². The second-order valence-electron chi connectivity index (χ2n) is 8.43. The third kappa shape index (κ3) is 4.72. The number of amides is 1. The number of carbonyl (C=O) groups is 2. The van der Waals surface area contributed by atoms with Crippen molar-refractivity contribution in [2.75, 3.05) is 18.6 Å². The lowest BCUT2D eigenvalue weighted by atomic mass is 9.95. The summed E-state index contributed by atoms with van der Waals surface area (Å²) in [7, 11) is 1.58. The van der Waals surface area contributed by atoms with Crippen molar-refractivity contribution >= 4 is 60.1 Å². The van der Waals surface area contributed by atoms with Crippen molar-refractivity contribution in [3.05, 3.63) is 87.9 Å². The van der Waals surface area contributed by atoms with E-state index >= 15 is 0 Å². The number of halogens is 1. The number of aliphatic hydroxyl groups is 1. The van der Waals surface area contributed by atoms with Crippen LogP contribution in [-0.4, -0.2) is 35.5 Å². The van der Waals surface area contributed by atoms with Gasteiger partial charge >= 0.3 is 5.91 Å². The summed E-state index contributed by atoms with van der Waals surface area (Å²) in [5, 5.41) is 11.8. The summed E-state index contributed by atoms with van der Waals surface area (Å²) in [4.78, 5) is 32.9. The van der Waals surface area contributed by atoms with Crippen LogP contribution < -0.4 is 14.4 Å². The number of ketones is 1. The highest BCUT2D eigenvalue weighted by molar-refractivity contribution is 9.10. The summed E-state index contributed by atoms with van der Waals surface area (Å²) in [5.74, 6) is -0.566. The van der Waals surface area contributed by atoms with Crippen LogP contribution >= 0.6 is 27.3 Å². The maximum atomic E-state index is 13.5. The van der Waals surface area contributed by atoms with E-state index < -0.39 is 17.7 Å². The molecule has 1 unspecified atom stereocenters. The SMILES string of the molecule is CCCOc1cccc(/C(O)=C2\C(=O)C(=O)N(c3nc4ccc(OC)cc4s3)C2c2cccc(Br)c2)c1. The molecule has 1 fully saturated rings. The fourth-order valence-electron chi connectivity index (χ4n) is 4.25. The predicted molar refractivity (Wildman–Crippen MR) is 147 cm³/mol. The minimum atomic E-state index is -0.875. The Labute approximate surface area is 226 Å². The van der Waals surface area contributed by atoms with Crippen LogP contribution in [0, 0.1) is 0 Å². The molecule has 1 N–H and O–H groups in total. The molecule has 0 spiro atoms. The Morgan fingerprint density at radius 2 is 1.89 bits per heavy atom. The van der Waals surface area contributed by atoms with Gasteiger partial charge in [0.1, 0.15) is 17.3 Å². The lowest BCUT2D eigenvalue weighted by Gasteiger charge is -2.23. The Morgan fingerprint density at radius 1 is 1.08 bits per heavy atom. The summed E-state index contributed by atoms with van der Waals surface area (Å²) >= 11 is 4.76. The second-order valence-corrected chi connectivity index (χ2v) is 10.4.